The molecule has 1 unspecified atom stereocenters. The van der Waals surface area contributed by atoms with Gasteiger partial charge in [0.15, 0.2) is 0 Å². The summed E-state index contributed by atoms with van der Waals surface area (Å²) in [5, 5.41) is 9.07. The number of fused-ring (bicyclic) bond motifs is 1. The first kappa shape index (κ1) is 30.9. The molecule has 0 fully saturated rings. The fourth-order valence-corrected chi connectivity index (χ4v) is 3.43. The van der Waals surface area contributed by atoms with Crippen molar-refractivity contribution in [1.29, 1.82) is 0 Å². The molecular weight excluding hydrogens is 503 g/mol. The number of nitrogens with zero attached hydrogens (tertiary/aromatic N) is 3. The number of nitrogens with two attached hydrogens (primary N) is 1. The van der Waals surface area contributed by atoms with Gasteiger partial charge in [-0.05, 0) is 50.6 Å². The van der Waals surface area contributed by atoms with Crippen LogP contribution in [0.2, 0.25) is 0 Å². The first-order valence-corrected chi connectivity index (χ1v) is 12.5. The number of ether oxygens (including phenoxy) is 2. The number of methoxy groups -OCH3 is 1. The Morgan fingerprint density at radius 1 is 0.974 bits per heavy atom. The highest BCUT2D eigenvalue weighted by Gasteiger charge is 2.15. The molecule has 2 aromatic carbocycles. The molecule has 10 heteroatoms. The van der Waals surface area contributed by atoms with Crippen molar-refractivity contribution < 1.29 is 28.6 Å². The van der Waals surface area contributed by atoms with Gasteiger partial charge in [0.2, 0.25) is 0 Å². The molecule has 0 spiro atoms. The van der Waals surface area contributed by atoms with E-state index >= 15 is 0 Å². The van der Waals surface area contributed by atoms with Crippen molar-refractivity contribution in [3.63, 3.8) is 0 Å². The van der Waals surface area contributed by atoms with Crippen molar-refractivity contribution in [2.45, 2.75) is 46.8 Å². The molecule has 0 radical (unpaired) electrons. The van der Waals surface area contributed by atoms with E-state index in [1.165, 1.54) is 0 Å². The molecule has 0 aliphatic rings. The van der Waals surface area contributed by atoms with Crippen LogP contribution in [0.3, 0.4) is 0 Å². The van der Waals surface area contributed by atoms with Gasteiger partial charge in [-0.3, -0.25) is 0 Å². The van der Waals surface area contributed by atoms with Crippen molar-refractivity contribution >= 4 is 28.8 Å². The average molecular weight is 539 g/mol. The van der Waals surface area contributed by atoms with Crippen molar-refractivity contribution in [3.8, 4) is 0 Å². The van der Waals surface area contributed by atoms with E-state index in [1.807, 2.05) is 39.8 Å². The van der Waals surface area contributed by atoms with E-state index in [2.05, 4.69) is 9.97 Å². The number of carboxylic acid groups (broad SMARTS) is 1. The van der Waals surface area contributed by atoms with Crippen molar-refractivity contribution in [1.82, 2.24) is 14.5 Å². The number of esters is 1. The Morgan fingerprint density at radius 2 is 1.54 bits per heavy atom. The quantitative estimate of drug-likeness (QED) is 0.224. The van der Waals surface area contributed by atoms with Gasteiger partial charge >= 0.3 is 18.0 Å². The minimum atomic E-state index is -0.875. The van der Waals surface area contributed by atoms with Crippen LogP contribution in [-0.4, -0.2) is 51.4 Å². The number of carbonyl (C=O) groups excluding carboxylic acids is 1. The summed E-state index contributed by atoms with van der Waals surface area (Å²) in [6, 6.07) is 15.7. The number of carboxylic acids is 1. The SMILES string of the molecule is CC.COC(CCn1ccc2c(N)nc(F)nc21)COC(=O)c1ccc(C)cc1.Cc1ccc(C(=O)O)cc1. The van der Waals surface area contributed by atoms with E-state index in [0.717, 1.165) is 11.1 Å². The largest absolute Gasteiger partial charge is 0.478 e. The zero-order chi connectivity index (χ0) is 28.9. The Labute approximate surface area is 227 Å². The van der Waals surface area contributed by atoms with Gasteiger partial charge < -0.3 is 24.9 Å². The number of aromatic nitrogens is 3. The molecule has 0 bridgehead atoms. The van der Waals surface area contributed by atoms with Crippen molar-refractivity contribution in [2.24, 2.45) is 0 Å². The molecule has 4 aromatic rings. The third-order valence-corrected chi connectivity index (χ3v) is 5.63. The van der Waals surface area contributed by atoms with Gasteiger partial charge in [0, 0.05) is 19.9 Å². The summed E-state index contributed by atoms with van der Waals surface area (Å²) >= 11 is 0. The van der Waals surface area contributed by atoms with Crippen LogP contribution in [0.5, 0.6) is 0 Å². The average Bonchev–Trinajstić information content (AvgIpc) is 3.34. The van der Waals surface area contributed by atoms with Gasteiger partial charge in [-0.1, -0.05) is 49.2 Å². The fourth-order valence-electron chi connectivity index (χ4n) is 3.43. The number of rotatable bonds is 8. The number of anilines is 1. The van der Waals surface area contributed by atoms with Gasteiger partial charge in [0.1, 0.15) is 18.1 Å². The lowest BCUT2D eigenvalue weighted by atomic mass is 10.1. The summed E-state index contributed by atoms with van der Waals surface area (Å²) in [7, 11) is 1.55. The van der Waals surface area contributed by atoms with E-state index in [0.29, 0.717) is 35.1 Å². The Bertz CT molecular complexity index is 1350. The third-order valence-electron chi connectivity index (χ3n) is 5.63. The van der Waals surface area contributed by atoms with Gasteiger partial charge in [0.05, 0.1) is 22.6 Å². The van der Waals surface area contributed by atoms with Crippen molar-refractivity contribution in [3.05, 3.63) is 89.1 Å². The minimum absolute atomic E-state index is 0.103. The van der Waals surface area contributed by atoms with Crippen LogP contribution in [-0.2, 0) is 16.0 Å². The molecule has 2 aromatic heterocycles. The van der Waals surface area contributed by atoms with Gasteiger partial charge in [-0.2, -0.15) is 14.4 Å². The normalized spacial score (nSPS) is 11.0. The van der Waals surface area contributed by atoms with Gasteiger partial charge in [0.25, 0.3) is 0 Å². The van der Waals surface area contributed by atoms with E-state index in [-0.39, 0.29) is 18.5 Å². The first-order valence-electron chi connectivity index (χ1n) is 12.5. The predicted molar refractivity (Wildman–Crippen MR) is 148 cm³/mol. The molecule has 0 amide bonds. The standard InChI is InChI=1S/C19H21FN4O3.C8H8O2.C2H6/c1-12-3-5-13(6-4-12)18(25)27-11-14(26-2)7-9-24-10-8-15-16(21)22-19(20)23-17(15)24;1-6-2-4-7(5-3-6)8(9)10;1-2/h3-6,8,10,14H,7,9,11H2,1-2H3,(H2,21,22,23);2-5H,1H3,(H,9,10);1-2H3. The molecule has 0 saturated heterocycles. The molecule has 1 atom stereocenters. The number of hydrogen-bond acceptors (Lipinski definition) is 7. The first-order chi connectivity index (χ1) is 18.7. The highest BCUT2D eigenvalue weighted by atomic mass is 19.1. The van der Waals surface area contributed by atoms with Crippen LogP contribution in [0, 0.1) is 19.9 Å². The van der Waals surface area contributed by atoms with Crippen LogP contribution in [0.15, 0.2) is 60.8 Å². The lowest BCUT2D eigenvalue weighted by Gasteiger charge is -2.16. The Kier molecular flexibility index (Phi) is 12.0. The maximum absolute atomic E-state index is 13.4. The van der Waals surface area contributed by atoms with Crippen LogP contribution < -0.4 is 5.73 Å². The van der Waals surface area contributed by atoms with E-state index < -0.39 is 18.0 Å². The topological polar surface area (TPSA) is 130 Å². The molecule has 9 nitrogen and oxygen atoms in total. The molecule has 3 N–H and O–H groups in total. The number of nitrogen functional groups attached to an aromatic ring is 1. The fraction of sp³-hybridized carbons (Fsp3) is 0.310. The maximum atomic E-state index is 13.4. The Balaban J connectivity index is 0.000000372. The van der Waals surface area contributed by atoms with Gasteiger partial charge in [-0.25, -0.2) is 9.59 Å². The highest BCUT2D eigenvalue weighted by molar-refractivity contribution is 5.89. The van der Waals surface area contributed by atoms with Crippen LogP contribution in [0.1, 0.15) is 52.1 Å². The summed E-state index contributed by atoms with van der Waals surface area (Å²) in [5.41, 5.74) is 9.11. The van der Waals surface area contributed by atoms with Gasteiger partial charge in [-0.15, -0.1) is 0 Å². The number of halogens is 1. The second-order valence-electron chi connectivity index (χ2n) is 8.41. The third kappa shape index (κ3) is 9.19. The second kappa shape index (κ2) is 15.2. The molecule has 0 aliphatic carbocycles. The molecular formula is C29H35FN4O5. The molecule has 208 valence electrons. The summed E-state index contributed by atoms with van der Waals surface area (Å²) in [4.78, 5) is 29.7. The lowest BCUT2D eigenvalue weighted by Crippen LogP contribution is -2.22. The smallest absolute Gasteiger partial charge is 0.338 e. The van der Waals surface area contributed by atoms with E-state index in [1.54, 1.807) is 60.3 Å². The number of aromatic carboxylic acids is 1. The summed E-state index contributed by atoms with van der Waals surface area (Å²) in [5.74, 6) is -1.17. The Hall–Kier alpha value is -4.31. The monoisotopic (exact) mass is 538 g/mol. The van der Waals surface area contributed by atoms with Crippen molar-refractivity contribution in [2.75, 3.05) is 19.5 Å². The zero-order valence-corrected chi connectivity index (χ0v) is 22.8. The minimum Gasteiger partial charge on any atom is -0.478 e. The van der Waals surface area contributed by atoms with E-state index in [9.17, 15) is 14.0 Å². The zero-order valence-electron chi connectivity index (χ0n) is 22.8. The second-order valence-corrected chi connectivity index (χ2v) is 8.41. The van der Waals surface area contributed by atoms with Crippen LogP contribution in [0.4, 0.5) is 10.2 Å². The Morgan fingerprint density at radius 3 is 2.08 bits per heavy atom. The molecule has 0 saturated carbocycles. The summed E-state index contributed by atoms with van der Waals surface area (Å²) in [6.07, 6.45) is 1.14. The summed E-state index contributed by atoms with van der Waals surface area (Å²) in [6.45, 7) is 8.49. The number of aryl methyl sites for hydroxylation is 3. The molecule has 4 rings (SSSR count). The number of hydrogen-bond donors (Lipinski definition) is 2. The van der Waals surface area contributed by atoms with E-state index in [4.69, 9.17) is 20.3 Å². The molecule has 39 heavy (non-hydrogen) atoms. The number of benzene rings is 2. The maximum Gasteiger partial charge on any atom is 0.338 e. The molecule has 2 heterocycles. The van der Waals surface area contributed by atoms with Crippen LogP contribution >= 0.6 is 0 Å². The summed E-state index contributed by atoms with van der Waals surface area (Å²) < 4.78 is 25.9. The van der Waals surface area contributed by atoms with Crippen LogP contribution in [0.25, 0.3) is 11.0 Å². The number of carbonyl (C=O) groups is 2. The lowest BCUT2D eigenvalue weighted by molar-refractivity contribution is 0.00671. The highest BCUT2D eigenvalue weighted by Crippen LogP contribution is 2.19. The predicted octanol–water partition coefficient (Wildman–Crippen LogP) is 5.44. The molecule has 0 aliphatic heterocycles.